The Morgan fingerprint density at radius 3 is 2.44 bits per heavy atom. The Kier molecular flexibility index (Phi) is 5.08. The van der Waals surface area contributed by atoms with Gasteiger partial charge in [-0.15, -0.1) is 5.10 Å². The molecule has 1 rings (SSSR count). The van der Waals surface area contributed by atoms with E-state index in [0.29, 0.717) is 13.2 Å². The fraction of sp³-hybridized carbons (Fsp3) is 0.500. The number of aromatic amines is 1. The molecule has 0 fully saturated rings. The van der Waals surface area contributed by atoms with Crippen LogP contribution in [-0.4, -0.2) is 23.4 Å². The average Bonchev–Trinajstić information content (AvgIpc) is 2.22. The molecular weight excluding hydrogens is 251 g/mol. The van der Waals surface area contributed by atoms with Crippen LogP contribution in [0, 0.1) is 0 Å². The Morgan fingerprint density at radius 2 is 2.00 bits per heavy atom. The highest BCUT2D eigenvalue weighted by molar-refractivity contribution is 8.07. The van der Waals surface area contributed by atoms with E-state index in [0.717, 1.165) is 0 Å². The molecule has 0 aliphatic heterocycles. The summed E-state index contributed by atoms with van der Waals surface area (Å²) in [5, 5.41) is 5.91. The van der Waals surface area contributed by atoms with Crippen LogP contribution in [0.3, 0.4) is 0 Å². The van der Waals surface area contributed by atoms with E-state index in [-0.39, 0.29) is 11.4 Å². The molecule has 0 aliphatic rings. The Bertz CT molecular complexity index is 406. The standard InChI is InChI=1S/C8H13N2O4PS/c1-3-12-15(16,13-4-2)14-8-6-5-7(11)9-10-8/h5-6H,3-4H2,1-2H3,(H,9,11). The highest BCUT2D eigenvalue weighted by Crippen LogP contribution is 2.48. The van der Waals surface area contributed by atoms with Crippen molar-refractivity contribution in [3.8, 4) is 5.88 Å². The zero-order valence-corrected chi connectivity index (χ0v) is 10.7. The lowest BCUT2D eigenvalue weighted by Crippen LogP contribution is -2.08. The maximum absolute atomic E-state index is 10.8. The molecule has 8 heteroatoms. The van der Waals surface area contributed by atoms with Crippen LogP contribution in [0.25, 0.3) is 0 Å². The molecule has 90 valence electrons. The van der Waals surface area contributed by atoms with Crippen molar-refractivity contribution in [2.75, 3.05) is 13.2 Å². The first-order chi connectivity index (χ1) is 7.59. The Balaban J connectivity index is 2.79. The van der Waals surface area contributed by atoms with E-state index in [9.17, 15) is 4.79 Å². The smallest absolute Gasteiger partial charge is 0.381 e. The van der Waals surface area contributed by atoms with Gasteiger partial charge in [0.15, 0.2) is 0 Å². The van der Waals surface area contributed by atoms with Crippen molar-refractivity contribution >= 4 is 18.5 Å². The Morgan fingerprint density at radius 1 is 1.38 bits per heavy atom. The second-order valence-corrected chi connectivity index (χ2v) is 5.57. The van der Waals surface area contributed by atoms with Crippen LogP contribution in [0.4, 0.5) is 0 Å². The molecule has 1 N–H and O–H groups in total. The van der Waals surface area contributed by atoms with Crippen LogP contribution in [0.5, 0.6) is 5.88 Å². The fourth-order valence-corrected chi connectivity index (χ4v) is 2.91. The molecule has 0 amide bonds. The molecule has 0 aromatic carbocycles. The van der Waals surface area contributed by atoms with Crippen molar-refractivity contribution < 1.29 is 13.6 Å². The third-order valence-corrected chi connectivity index (χ3v) is 3.85. The molecule has 0 bridgehead atoms. The molecule has 0 spiro atoms. The van der Waals surface area contributed by atoms with Gasteiger partial charge in [-0.1, -0.05) is 0 Å². The summed E-state index contributed by atoms with van der Waals surface area (Å²) in [5.74, 6) is 0.185. The summed E-state index contributed by atoms with van der Waals surface area (Å²) in [4.78, 5) is 10.8. The minimum atomic E-state index is -2.81. The highest BCUT2D eigenvalue weighted by atomic mass is 32.5. The van der Waals surface area contributed by atoms with E-state index < -0.39 is 6.72 Å². The molecule has 1 aromatic heterocycles. The summed E-state index contributed by atoms with van der Waals surface area (Å²) in [6.45, 7) is 1.56. The molecule has 0 unspecified atom stereocenters. The molecule has 1 aromatic rings. The van der Waals surface area contributed by atoms with E-state index in [1.54, 1.807) is 13.8 Å². The zero-order chi connectivity index (χ0) is 12.0. The van der Waals surface area contributed by atoms with E-state index in [1.807, 2.05) is 0 Å². The van der Waals surface area contributed by atoms with Crippen LogP contribution < -0.4 is 10.1 Å². The van der Waals surface area contributed by atoms with Crippen molar-refractivity contribution in [3.05, 3.63) is 22.5 Å². The van der Waals surface area contributed by atoms with Gasteiger partial charge in [0.1, 0.15) is 0 Å². The van der Waals surface area contributed by atoms with E-state index >= 15 is 0 Å². The fourth-order valence-electron chi connectivity index (χ4n) is 0.903. The summed E-state index contributed by atoms with van der Waals surface area (Å²) < 4.78 is 15.8. The van der Waals surface area contributed by atoms with Gasteiger partial charge in [-0.3, -0.25) is 13.8 Å². The van der Waals surface area contributed by atoms with Crippen LogP contribution in [0.1, 0.15) is 13.8 Å². The van der Waals surface area contributed by atoms with E-state index in [4.69, 9.17) is 25.4 Å². The lowest BCUT2D eigenvalue weighted by molar-refractivity contribution is 0.215. The highest BCUT2D eigenvalue weighted by Gasteiger charge is 2.21. The summed E-state index contributed by atoms with van der Waals surface area (Å²) in [6, 6.07) is 2.71. The largest absolute Gasteiger partial charge is 0.404 e. The maximum Gasteiger partial charge on any atom is 0.381 e. The number of aromatic nitrogens is 2. The van der Waals surface area contributed by atoms with Gasteiger partial charge in [0.2, 0.25) is 5.88 Å². The van der Waals surface area contributed by atoms with E-state index in [2.05, 4.69) is 10.2 Å². The summed E-state index contributed by atoms with van der Waals surface area (Å²) in [5.41, 5.74) is -0.312. The zero-order valence-electron chi connectivity index (χ0n) is 9.00. The number of nitrogens with one attached hydrogen (secondary N) is 1. The Labute approximate surface area is 98.2 Å². The van der Waals surface area contributed by atoms with Crippen LogP contribution >= 0.6 is 6.72 Å². The summed E-state index contributed by atoms with van der Waals surface area (Å²) in [7, 11) is 0. The lowest BCUT2D eigenvalue weighted by atomic mass is 10.6. The molecule has 6 nitrogen and oxygen atoms in total. The van der Waals surface area contributed by atoms with E-state index in [1.165, 1.54) is 12.1 Å². The maximum atomic E-state index is 10.8. The first kappa shape index (κ1) is 13.3. The number of hydrogen-bond donors (Lipinski definition) is 1. The SMILES string of the molecule is CCOP(=S)(OCC)Oc1ccc(=O)[nH]n1. The first-order valence-corrected chi connectivity index (χ1v) is 7.29. The number of hydrogen-bond acceptors (Lipinski definition) is 6. The third kappa shape index (κ3) is 4.02. The normalized spacial score (nSPS) is 11.4. The second kappa shape index (κ2) is 6.10. The van der Waals surface area contributed by atoms with Crippen molar-refractivity contribution in [3.63, 3.8) is 0 Å². The van der Waals surface area contributed by atoms with Crippen LogP contribution in [0.15, 0.2) is 16.9 Å². The molecule has 0 radical (unpaired) electrons. The summed E-state index contributed by atoms with van der Waals surface area (Å²) in [6.07, 6.45) is 0. The summed E-state index contributed by atoms with van der Waals surface area (Å²) >= 11 is 5.13. The predicted octanol–water partition coefficient (Wildman–Crippen LogP) is 1.45. The molecular formula is C8H13N2O4PS. The van der Waals surface area contributed by atoms with Gasteiger partial charge in [-0.2, -0.15) is 0 Å². The predicted molar refractivity (Wildman–Crippen MR) is 63.0 cm³/mol. The molecule has 16 heavy (non-hydrogen) atoms. The number of nitrogens with zero attached hydrogens (tertiary/aromatic N) is 1. The average molecular weight is 264 g/mol. The quantitative estimate of drug-likeness (QED) is 0.784. The van der Waals surface area contributed by atoms with Gasteiger partial charge in [0.05, 0.1) is 13.2 Å². The third-order valence-electron chi connectivity index (χ3n) is 1.43. The topological polar surface area (TPSA) is 73.4 Å². The second-order valence-electron chi connectivity index (χ2n) is 2.63. The van der Waals surface area contributed by atoms with Gasteiger partial charge in [-0.25, -0.2) is 5.10 Å². The molecule has 0 atom stereocenters. The van der Waals surface area contributed by atoms with Gasteiger partial charge in [-0.05, 0) is 13.8 Å². The molecule has 0 saturated carbocycles. The van der Waals surface area contributed by atoms with Crippen molar-refractivity contribution in [2.24, 2.45) is 0 Å². The lowest BCUT2D eigenvalue weighted by Gasteiger charge is -2.19. The monoisotopic (exact) mass is 264 g/mol. The molecule has 0 saturated heterocycles. The van der Waals surface area contributed by atoms with Crippen LogP contribution in [0.2, 0.25) is 0 Å². The van der Waals surface area contributed by atoms with Gasteiger partial charge >= 0.3 is 6.72 Å². The molecule has 1 heterocycles. The number of H-pyrrole nitrogens is 1. The van der Waals surface area contributed by atoms with Crippen LogP contribution in [-0.2, 0) is 20.9 Å². The van der Waals surface area contributed by atoms with Crippen molar-refractivity contribution in [1.82, 2.24) is 10.2 Å². The van der Waals surface area contributed by atoms with Gasteiger partial charge in [0.25, 0.3) is 5.56 Å². The van der Waals surface area contributed by atoms with Crippen molar-refractivity contribution in [1.29, 1.82) is 0 Å². The van der Waals surface area contributed by atoms with Crippen molar-refractivity contribution in [2.45, 2.75) is 13.8 Å². The number of rotatable bonds is 6. The molecule has 0 aliphatic carbocycles. The van der Waals surface area contributed by atoms with Gasteiger partial charge in [0, 0.05) is 23.9 Å². The minimum Gasteiger partial charge on any atom is -0.404 e. The van der Waals surface area contributed by atoms with Gasteiger partial charge < -0.3 is 4.52 Å². The Hall–Kier alpha value is -0.750. The minimum absolute atomic E-state index is 0.185. The first-order valence-electron chi connectivity index (χ1n) is 4.74.